The molecule has 0 unspecified atom stereocenters. The van der Waals surface area contributed by atoms with Gasteiger partial charge in [0.05, 0.1) is 35.8 Å². The molecule has 0 saturated heterocycles. The highest BCUT2D eigenvalue weighted by molar-refractivity contribution is 7.18. The fraction of sp³-hybridized carbons (Fsp3) is 0.241. The molecule has 0 fully saturated rings. The molecule has 0 aliphatic carbocycles. The minimum atomic E-state index is -0.744. The Kier molecular flexibility index (Phi) is 6.71. The van der Waals surface area contributed by atoms with Crippen LogP contribution in [0.25, 0.3) is 43.2 Å². The molecule has 1 aromatic carbocycles. The summed E-state index contributed by atoms with van der Waals surface area (Å²) >= 11 is 2.87. The molecular weight excluding hydrogens is 552 g/mol. The molecule has 7 nitrogen and oxygen atoms in total. The molecule has 0 saturated carbocycles. The average molecular weight is 578 g/mol. The summed E-state index contributed by atoms with van der Waals surface area (Å²) in [7, 11) is 1.83. The van der Waals surface area contributed by atoms with Gasteiger partial charge in [-0.1, -0.05) is 6.58 Å². The maximum absolute atomic E-state index is 15.8. The number of carbonyl (C=O) groups excluding carboxylic acids is 1. The first-order valence-electron chi connectivity index (χ1n) is 12.7. The number of amides is 1. The van der Waals surface area contributed by atoms with Crippen LogP contribution in [0.2, 0.25) is 0 Å². The zero-order chi connectivity index (χ0) is 28.1. The first-order valence-corrected chi connectivity index (χ1v) is 14.4. The molecule has 11 heteroatoms. The van der Waals surface area contributed by atoms with Gasteiger partial charge >= 0.3 is 0 Å². The van der Waals surface area contributed by atoms with Crippen LogP contribution in [0.5, 0.6) is 5.75 Å². The molecule has 1 amide bonds. The third kappa shape index (κ3) is 4.58. The van der Waals surface area contributed by atoms with Gasteiger partial charge in [-0.15, -0.1) is 22.7 Å². The topological polar surface area (TPSA) is 73.1 Å². The van der Waals surface area contributed by atoms with Crippen LogP contribution in [-0.4, -0.2) is 43.2 Å². The lowest BCUT2D eigenvalue weighted by Gasteiger charge is -2.24. The van der Waals surface area contributed by atoms with Gasteiger partial charge in [0.1, 0.15) is 28.1 Å². The van der Waals surface area contributed by atoms with Crippen molar-refractivity contribution in [2.24, 2.45) is 7.05 Å². The van der Waals surface area contributed by atoms with Crippen LogP contribution >= 0.6 is 22.7 Å². The number of hydrogen-bond acceptors (Lipinski definition) is 7. The minimum Gasteiger partial charge on any atom is -0.490 e. The van der Waals surface area contributed by atoms with E-state index in [9.17, 15) is 9.18 Å². The number of aryl methyl sites for hydroxylation is 1. The molecule has 5 heterocycles. The van der Waals surface area contributed by atoms with Gasteiger partial charge in [0.25, 0.3) is 0 Å². The van der Waals surface area contributed by atoms with E-state index in [0.717, 1.165) is 32.3 Å². The van der Waals surface area contributed by atoms with E-state index < -0.39 is 11.6 Å². The summed E-state index contributed by atoms with van der Waals surface area (Å²) in [5.74, 6) is -1.50. The van der Waals surface area contributed by atoms with E-state index in [-0.39, 0.29) is 23.3 Å². The maximum atomic E-state index is 15.8. The van der Waals surface area contributed by atoms with Gasteiger partial charge < -0.3 is 9.64 Å². The second-order valence-electron chi connectivity index (χ2n) is 9.78. The quantitative estimate of drug-likeness (QED) is 0.212. The molecule has 1 aliphatic heterocycles. The van der Waals surface area contributed by atoms with E-state index in [2.05, 4.69) is 11.7 Å². The molecule has 1 aliphatic rings. The van der Waals surface area contributed by atoms with Crippen LogP contribution in [0.4, 0.5) is 8.78 Å². The third-order valence-corrected chi connectivity index (χ3v) is 8.66. The normalized spacial score (nSPS) is 13.2. The van der Waals surface area contributed by atoms with Crippen molar-refractivity contribution in [3.05, 3.63) is 70.8 Å². The number of halogens is 2. The van der Waals surface area contributed by atoms with Crippen molar-refractivity contribution < 1.29 is 18.3 Å². The van der Waals surface area contributed by atoms with Crippen molar-refractivity contribution in [3.8, 4) is 38.8 Å². The van der Waals surface area contributed by atoms with Crippen molar-refractivity contribution in [2.75, 3.05) is 6.54 Å². The molecular formula is C29H25F2N5O2S2. The molecule has 0 spiro atoms. The van der Waals surface area contributed by atoms with Crippen molar-refractivity contribution in [1.82, 2.24) is 24.6 Å². The summed E-state index contributed by atoms with van der Waals surface area (Å²) in [5, 5.41) is 7.66. The molecule has 4 aromatic heterocycles. The van der Waals surface area contributed by atoms with Gasteiger partial charge in [-0.05, 0) is 31.4 Å². The summed E-state index contributed by atoms with van der Waals surface area (Å²) in [6.07, 6.45) is 5.20. The molecule has 40 heavy (non-hydrogen) atoms. The van der Waals surface area contributed by atoms with Crippen molar-refractivity contribution in [1.29, 1.82) is 0 Å². The van der Waals surface area contributed by atoms with Crippen LogP contribution in [0.15, 0.2) is 48.6 Å². The molecule has 0 radical (unpaired) electrons. The van der Waals surface area contributed by atoms with Crippen molar-refractivity contribution >= 4 is 38.7 Å². The number of rotatable bonds is 6. The number of nitrogens with zero attached hydrogens (tertiary/aromatic N) is 5. The highest BCUT2D eigenvalue weighted by Crippen LogP contribution is 2.48. The smallest absolute Gasteiger partial charge is 0.246 e. The number of hydrogen-bond donors (Lipinski definition) is 0. The lowest BCUT2D eigenvalue weighted by atomic mass is 9.98. The summed E-state index contributed by atoms with van der Waals surface area (Å²) in [6.45, 7) is 8.17. The Labute approximate surface area is 237 Å². The molecule has 0 atom stereocenters. The van der Waals surface area contributed by atoms with E-state index in [1.54, 1.807) is 15.8 Å². The van der Waals surface area contributed by atoms with Crippen LogP contribution < -0.4 is 4.74 Å². The minimum absolute atomic E-state index is 0.100. The largest absolute Gasteiger partial charge is 0.490 e. The van der Waals surface area contributed by atoms with Crippen molar-refractivity contribution in [2.45, 2.75) is 32.9 Å². The highest BCUT2D eigenvalue weighted by atomic mass is 32.1. The van der Waals surface area contributed by atoms with E-state index in [0.29, 0.717) is 41.5 Å². The monoisotopic (exact) mass is 577 g/mol. The Morgan fingerprint density at radius 2 is 2.02 bits per heavy atom. The average Bonchev–Trinajstić information content (AvgIpc) is 3.66. The Morgan fingerprint density at radius 1 is 1.20 bits per heavy atom. The first kappa shape index (κ1) is 26.3. The first-order chi connectivity index (χ1) is 19.2. The summed E-state index contributed by atoms with van der Waals surface area (Å²) < 4.78 is 38.6. The van der Waals surface area contributed by atoms with Crippen LogP contribution in [0.3, 0.4) is 0 Å². The van der Waals surface area contributed by atoms with Gasteiger partial charge in [-0.2, -0.15) is 5.10 Å². The van der Waals surface area contributed by atoms with Gasteiger partial charge in [0.2, 0.25) is 5.91 Å². The zero-order valence-corrected chi connectivity index (χ0v) is 23.7. The van der Waals surface area contributed by atoms with Gasteiger partial charge in [0, 0.05) is 64.4 Å². The summed E-state index contributed by atoms with van der Waals surface area (Å²) in [4.78, 5) is 25.0. The van der Waals surface area contributed by atoms with Gasteiger partial charge in [-0.3, -0.25) is 9.48 Å². The highest BCUT2D eigenvalue weighted by Gasteiger charge is 2.29. The lowest BCUT2D eigenvalue weighted by Crippen LogP contribution is -2.34. The van der Waals surface area contributed by atoms with E-state index in [4.69, 9.17) is 14.7 Å². The zero-order valence-electron chi connectivity index (χ0n) is 22.1. The second-order valence-corrected chi connectivity index (χ2v) is 11.8. The van der Waals surface area contributed by atoms with Crippen LogP contribution in [0, 0.1) is 11.6 Å². The number of thiazole rings is 1. The van der Waals surface area contributed by atoms with Crippen LogP contribution in [-0.2, 0) is 24.8 Å². The molecule has 6 rings (SSSR count). The Balaban J connectivity index is 1.64. The van der Waals surface area contributed by atoms with Gasteiger partial charge in [-0.25, -0.2) is 18.7 Å². The number of thiophene rings is 1. The van der Waals surface area contributed by atoms with E-state index >= 15 is 4.39 Å². The maximum Gasteiger partial charge on any atom is 0.246 e. The fourth-order valence-corrected chi connectivity index (χ4v) is 7.00. The fourth-order valence-electron chi connectivity index (χ4n) is 4.93. The predicted octanol–water partition coefficient (Wildman–Crippen LogP) is 6.62. The second kappa shape index (κ2) is 10.2. The standard InChI is InChI=1S/C29H25F2N5O2S2/c1-5-23(37)36-8-6-20-22(14-36)40-29(33-20)27-25(24-19(31)10-17(30)11-21(24)38-15(2)3)28-18(7-9-39-28)26(34-27)16-12-32-35(4)13-16/h5,7,9-13,15H,1,6,8,14H2,2-4H3. The Hall–Kier alpha value is -3.96. The molecule has 0 bridgehead atoms. The number of pyridine rings is 1. The van der Waals surface area contributed by atoms with Crippen molar-refractivity contribution in [3.63, 3.8) is 0 Å². The number of ether oxygens (including phenoxy) is 1. The summed E-state index contributed by atoms with van der Waals surface area (Å²) in [6, 6.07) is 4.02. The Morgan fingerprint density at radius 3 is 2.75 bits per heavy atom. The number of aromatic nitrogens is 4. The number of carbonyl (C=O) groups is 1. The number of benzene rings is 1. The molecule has 0 N–H and O–H groups in total. The third-order valence-electron chi connectivity index (χ3n) is 6.64. The lowest BCUT2D eigenvalue weighted by molar-refractivity contribution is -0.126. The van der Waals surface area contributed by atoms with E-state index in [1.165, 1.54) is 34.8 Å². The predicted molar refractivity (Wildman–Crippen MR) is 153 cm³/mol. The number of fused-ring (bicyclic) bond motifs is 2. The van der Waals surface area contributed by atoms with Crippen LogP contribution in [0.1, 0.15) is 24.4 Å². The Bertz CT molecular complexity index is 1790. The van der Waals surface area contributed by atoms with E-state index in [1.807, 2.05) is 38.5 Å². The molecule has 5 aromatic rings. The SMILES string of the molecule is C=CC(=O)N1CCc2nc(-c3nc(-c4cnn(C)c4)c4ccsc4c3-c3c(F)cc(F)cc3OC(C)C)sc2C1. The molecule has 204 valence electrons. The summed E-state index contributed by atoms with van der Waals surface area (Å²) in [5.41, 5.74) is 3.48. The van der Waals surface area contributed by atoms with Gasteiger partial charge in [0.15, 0.2) is 0 Å².